The van der Waals surface area contributed by atoms with Crippen LogP contribution in [0.3, 0.4) is 0 Å². The zero-order chi connectivity index (χ0) is 23.1. The van der Waals surface area contributed by atoms with Gasteiger partial charge in [0.15, 0.2) is 5.82 Å². The van der Waals surface area contributed by atoms with Gasteiger partial charge in [0.1, 0.15) is 12.4 Å². The Hall–Kier alpha value is -2.87. The van der Waals surface area contributed by atoms with Crippen molar-refractivity contribution >= 4 is 5.69 Å². The van der Waals surface area contributed by atoms with Gasteiger partial charge in [-0.3, -0.25) is 9.47 Å². The average Bonchev–Trinajstić information content (AvgIpc) is 3.27. The number of fused-ring (bicyclic) bond motifs is 3. The van der Waals surface area contributed by atoms with E-state index < -0.39 is 0 Å². The van der Waals surface area contributed by atoms with Crippen molar-refractivity contribution < 1.29 is 9.47 Å². The Bertz CT molecular complexity index is 1180. The van der Waals surface area contributed by atoms with Crippen LogP contribution in [0, 0.1) is 6.92 Å². The molecule has 0 atom stereocenters. The SMILES string of the molecule is Cc1cc(N2CCN(C)CC2)ccc1-c1ccc2c(c1)OCc1nc(CN3CCOCC3)cn1-2. The van der Waals surface area contributed by atoms with Crippen molar-refractivity contribution in [3.63, 3.8) is 0 Å². The first-order chi connectivity index (χ1) is 16.6. The van der Waals surface area contributed by atoms with Gasteiger partial charge in [-0.1, -0.05) is 12.1 Å². The van der Waals surface area contributed by atoms with E-state index in [4.69, 9.17) is 14.5 Å². The molecule has 0 amide bonds. The third-order valence-corrected chi connectivity index (χ3v) is 7.28. The predicted octanol–water partition coefficient (Wildman–Crippen LogP) is 3.32. The van der Waals surface area contributed by atoms with Gasteiger partial charge in [0.2, 0.25) is 0 Å². The zero-order valence-corrected chi connectivity index (χ0v) is 20.2. The van der Waals surface area contributed by atoms with Crippen molar-refractivity contribution in [3.8, 4) is 22.6 Å². The molecule has 7 nitrogen and oxygen atoms in total. The number of nitrogens with zero attached hydrogens (tertiary/aromatic N) is 5. The molecule has 7 heteroatoms. The summed E-state index contributed by atoms with van der Waals surface area (Å²) >= 11 is 0. The molecule has 3 aromatic rings. The molecule has 0 spiro atoms. The van der Waals surface area contributed by atoms with E-state index in [-0.39, 0.29) is 0 Å². The molecule has 34 heavy (non-hydrogen) atoms. The Morgan fingerprint density at radius 3 is 2.56 bits per heavy atom. The van der Waals surface area contributed by atoms with Crippen molar-refractivity contribution in [2.24, 2.45) is 0 Å². The molecular formula is C27H33N5O2. The quantitative estimate of drug-likeness (QED) is 0.597. The van der Waals surface area contributed by atoms with E-state index in [1.54, 1.807) is 0 Å². The van der Waals surface area contributed by atoms with Gasteiger partial charge in [0.05, 0.1) is 24.6 Å². The Morgan fingerprint density at radius 2 is 1.76 bits per heavy atom. The fourth-order valence-corrected chi connectivity index (χ4v) is 5.22. The summed E-state index contributed by atoms with van der Waals surface area (Å²) in [4.78, 5) is 12.1. The second kappa shape index (κ2) is 9.06. The van der Waals surface area contributed by atoms with Gasteiger partial charge in [-0.15, -0.1) is 0 Å². The topological polar surface area (TPSA) is 46.0 Å². The largest absolute Gasteiger partial charge is 0.483 e. The molecule has 0 radical (unpaired) electrons. The Labute approximate surface area is 201 Å². The fourth-order valence-electron chi connectivity index (χ4n) is 5.22. The second-order valence-corrected chi connectivity index (χ2v) is 9.67. The van der Waals surface area contributed by atoms with E-state index in [1.165, 1.54) is 22.4 Å². The van der Waals surface area contributed by atoms with Crippen LogP contribution in [-0.4, -0.2) is 78.9 Å². The van der Waals surface area contributed by atoms with Crippen LogP contribution in [0.2, 0.25) is 0 Å². The number of likely N-dealkylation sites (N-methyl/N-ethyl adjacent to an activating group) is 1. The number of rotatable bonds is 4. The Kier molecular flexibility index (Phi) is 5.77. The molecule has 2 aromatic carbocycles. The molecule has 3 aliphatic rings. The number of piperazine rings is 1. The number of morpholine rings is 1. The maximum atomic E-state index is 6.15. The second-order valence-electron chi connectivity index (χ2n) is 9.67. The normalized spacial score (nSPS) is 18.9. The lowest BCUT2D eigenvalue weighted by molar-refractivity contribution is 0.0337. The molecule has 6 rings (SSSR count). The first-order valence-corrected chi connectivity index (χ1v) is 12.3. The van der Waals surface area contributed by atoms with E-state index in [0.29, 0.717) is 6.61 Å². The lowest BCUT2D eigenvalue weighted by Gasteiger charge is -2.34. The van der Waals surface area contributed by atoms with Crippen LogP contribution in [0.1, 0.15) is 17.1 Å². The number of ether oxygens (including phenoxy) is 2. The van der Waals surface area contributed by atoms with Gasteiger partial charge in [0, 0.05) is 57.7 Å². The van der Waals surface area contributed by atoms with Crippen molar-refractivity contribution in [2.75, 3.05) is 64.4 Å². The van der Waals surface area contributed by atoms with Crippen LogP contribution in [0.4, 0.5) is 5.69 Å². The smallest absolute Gasteiger partial charge is 0.151 e. The molecular weight excluding hydrogens is 426 g/mol. The van der Waals surface area contributed by atoms with E-state index in [0.717, 1.165) is 82.0 Å². The summed E-state index contributed by atoms with van der Waals surface area (Å²) < 4.78 is 13.8. The molecule has 2 saturated heterocycles. The number of imidazole rings is 1. The van der Waals surface area contributed by atoms with Gasteiger partial charge in [-0.05, 0) is 54.9 Å². The highest BCUT2D eigenvalue weighted by molar-refractivity contribution is 5.73. The average molecular weight is 460 g/mol. The number of hydrogen-bond donors (Lipinski definition) is 0. The lowest BCUT2D eigenvalue weighted by Crippen LogP contribution is -2.44. The van der Waals surface area contributed by atoms with Gasteiger partial charge >= 0.3 is 0 Å². The summed E-state index contributed by atoms with van der Waals surface area (Å²) in [6.07, 6.45) is 2.17. The van der Waals surface area contributed by atoms with Crippen LogP contribution in [0.25, 0.3) is 16.8 Å². The van der Waals surface area contributed by atoms with Crippen molar-refractivity contribution in [1.82, 2.24) is 19.4 Å². The maximum Gasteiger partial charge on any atom is 0.151 e. The van der Waals surface area contributed by atoms with Crippen LogP contribution >= 0.6 is 0 Å². The molecule has 0 unspecified atom stereocenters. The number of aromatic nitrogens is 2. The number of anilines is 1. The van der Waals surface area contributed by atoms with Crippen LogP contribution < -0.4 is 9.64 Å². The molecule has 0 bridgehead atoms. The van der Waals surface area contributed by atoms with E-state index in [2.05, 4.69) is 75.8 Å². The van der Waals surface area contributed by atoms with E-state index in [9.17, 15) is 0 Å². The summed E-state index contributed by atoms with van der Waals surface area (Å²) in [6.45, 7) is 11.5. The van der Waals surface area contributed by atoms with Crippen molar-refractivity contribution in [1.29, 1.82) is 0 Å². The van der Waals surface area contributed by atoms with E-state index >= 15 is 0 Å². The number of aryl methyl sites for hydroxylation is 1. The van der Waals surface area contributed by atoms with E-state index in [1.807, 2.05) is 0 Å². The summed E-state index contributed by atoms with van der Waals surface area (Å²) in [7, 11) is 2.20. The first-order valence-electron chi connectivity index (χ1n) is 12.3. The van der Waals surface area contributed by atoms with Crippen molar-refractivity contribution in [3.05, 3.63) is 59.7 Å². The third-order valence-electron chi connectivity index (χ3n) is 7.28. The summed E-state index contributed by atoms with van der Waals surface area (Å²) in [6, 6.07) is 13.4. The highest BCUT2D eigenvalue weighted by Gasteiger charge is 2.22. The molecule has 0 aliphatic carbocycles. The van der Waals surface area contributed by atoms with Crippen LogP contribution in [0.5, 0.6) is 5.75 Å². The zero-order valence-electron chi connectivity index (χ0n) is 20.2. The van der Waals surface area contributed by atoms with Gasteiger partial charge in [0.25, 0.3) is 0 Å². The molecule has 0 N–H and O–H groups in total. The molecule has 1 aromatic heterocycles. The molecule has 178 valence electrons. The molecule has 4 heterocycles. The van der Waals surface area contributed by atoms with Gasteiger partial charge < -0.3 is 19.3 Å². The number of benzene rings is 2. The van der Waals surface area contributed by atoms with Gasteiger partial charge in [-0.25, -0.2) is 4.98 Å². The first kappa shape index (κ1) is 21.6. The monoisotopic (exact) mass is 459 g/mol. The lowest BCUT2D eigenvalue weighted by atomic mass is 9.98. The minimum Gasteiger partial charge on any atom is -0.483 e. The van der Waals surface area contributed by atoms with Gasteiger partial charge in [-0.2, -0.15) is 0 Å². The summed E-state index contributed by atoms with van der Waals surface area (Å²) in [5.41, 5.74) is 7.22. The van der Waals surface area contributed by atoms with Crippen LogP contribution in [0.15, 0.2) is 42.6 Å². The minimum atomic E-state index is 0.501. The predicted molar refractivity (Wildman–Crippen MR) is 134 cm³/mol. The molecule has 3 aliphatic heterocycles. The molecule has 2 fully saturated rings. The maximum absolute atomic E-state index is 6.15. The number of hydrogen-bond acceptors (Lipinski definition) is 6. The fraction of sp³-hybridized carbons (Fsp3) is 0.444. The summed E-state index contributed by atoms with van der Waals surface area (Å²) in [5, 5.41) is 0. The van der Waals surface area contributed by atoms with Crippen LogP contribution in [-0.2, 0) is 17.9 Å². The Morgan fingerprint density at radius 1 is 0.941 bits per heavy atom. The highest BCUT2D eigenvalue weighted by atomic mass is 16.5. The summed E-state index contributed by atoms with van der Waals surface area (Å²) in [5.74, 6) is 1.89. The third kappa shape index (κ3) is 4.19. The Balaban J connectivity index is 1.23. The highest BCUT2D eigenvalue weighted by Crippen LogP contribution is 2.36. The minimum absolute atomic E-state index is 0.501. The standard InChI is InChI=1S/C27H33N5O2/c1-20-15-23(31-9-7-29(2)8-10-31)4-5-24(20)21-3-6-25-26(16-21)34-19-27-28-22(18-32(25)27)17-30-11-13-33-14-12-30/h3-6,15-16,18H,7-14,17,19H2,1-2H3. The van der Waals surface area contributed by atoms with Crippen molar-refractivity contribution in [2.45, 2.75) is 20.1 Å². The molecule has 0 saturated carbocycles.